The predicted octanol–water partition coefficient (Wildman–Crippen LogP) is 3.53. The van der Waals surface area contributed by atoms with Crippen LogP contribution in [0.3, 0.4) is 0 Å². The van der Waals surface area contributed by atoms with Crippen molar-refractivity contribution in [2.24, 2.45) is 0 Å². The van der Waals surface area contributed by atoms with Crippen molar-refractivity contribution in [3.63, 3.8) is 0 Å². The lowest BCUT2D eigenvalue weighted by molar-refractivity contribution is -0.0441. The van der Waals surface area contributed by atoms with Crippen molar-refractivity contribution in [1.82, 2.24) is 4.90 Å². The number of hydrogen-bond acceptors (Lipinski definition) is 4. The summed E-state index contributed by atoms with van der Waals surface area (Å²) in [7, 11) is 4.07. The summed E-state index contributed by atoms with van der Waals surface area (Å²) in [5, 5.41) is 24.3. The van der Waals surface area contributed by atoms with Gasteiger partial charge in [0.25, 0.3) is 0 Å². The van der Waals surface area contributed by atoms with Gasteiger partial charge in [-0.2, -0.15) is 5.26 Å². The lowest BCUT2D eigenvalue weighted by Crippen LogP contribution is -2.15. The molecule has 4 nitrogen and oxygen atoms in total. The molecule has 0 unspecified atom stereocenters. The van der Waals surface area contributed by atoms with Crippen LogP contribution in [0.5, 0.6) is 0 Å². The van der Waals surface area contributed by atoms with Crippen LogP contribution in [0.2, 0.25) is 0 Å². The zero-order chi connectivity index (χ0) is 19.5. The molecule has 0 aliphatic carbocycles. The Morgan fingerprint density at radius 3 is 2.31 bits per heavy atom. The van der Waals surface area contributed by atoms with Crippen LogP contribution in [0.15, 0.2) is 42.5 Å². The number of nitriles is 1. The molecule has 0 fully saturated rings. The second-order valence-electron chi connectivity index (χ2n) is 6.23. The topological polar surface area (TPSA) is 67.5 Å². The van der Waals surface area contributed by atoms with E-state index in [0.29, 0.717) is 5.56 Å². The van der Waals surface area contributed by atoms with Crippen LogP contribution in [0.1, 0.15) is 41.0 Å². The van der Waals surface area contributed by atoms with E-state index in [-0.39, 0.29) is 18.3 Å². The van der Waals surface area contributed by atoms with Crippen LogP contribution in [0.25, 0.3) is 0 Å². The summed E-state index contributed by atoms with van der Waals surface area (Å²) >= 11 is 0. The second-order valence-corrected chi connectivity index (χ2v) is 6.23. The molecule has 6 heteroatoms. The van der Waals surface area contributed by atoms with E-state index in [1.807, 2.05) is 20.2 Å². The summed E-state index contributed by atoms with van der Waals surface area (Å²) < 4.78 is 21.8. The molecule has 2 N–H and O–H groups in total. The highest BCUT2D eigenvalue weighted by Gasteiger charge is 2.18. The zero-order valence-corrected chi connectivity index (χ0v) is 15.0. The number of nitrogens with zero attached hydrogens (tertiary/aromatic N) is 2. The average Bonchev–Trinajstić information content (AvgIpc) is 2.67. The first-order chi connectivity index (χ1) is 12.5. The van der Waals surface area contributed by atoms with E-state index in [9.17, 15) is 9.50 Å². The van der Waals surface area contributed by atoms with E-state index in [1.54, 1.807) is 24.3 Å². The summed E-state index contributed by atoms with van der Waals surface area (Å²) in [6, 6.07) is 14.1. The maximum atomic E-state index is 13.3. The summed E-state index contributed by atoms with van der Waals surface area (Å²) in [5.41, 5.74) is 3.32. The number of halogens is 2. The van der Waals surface area contributed by atoms with E-state index < -0.39 is 0 Å². The SMILES string of the molecule is CN(C)CCC[C@H](c1ccc(F)cc1)c1ccc(C#N)cc1CO.OF. The van der Waals surface area contributed by atoms with Gasteiger partial charge in [0.1, 0.15) is 5.82 Å². The highest BCUT2D eigenvalue weighted by Crippen LogP contribution is 2.32. The van der Waals surface area contributed by atoms with Gasteiger partial charge in [0.15, 0.2) is 0 Å². The monoisotopic (exact) mass is 362 g/mol. The quantitative estimate of drug-likeness (QED) is 0.791. The van der Waals surface area contributed by atoms with Gasteiger partial charge in [-0.1, -0.05) is 22.7 Å². The molecule has 2 aromatic rings. The summed E-state index contributed by atoms with van der Waals surface area (Å²) in [5.74, 6) is -0.187. The molecular weight excluding hydrogens is 338 g/mol. The third kappa shape index (κ3) is 6.19. The minimum atomic E-state index is -0.256. The molecule has 0 heterocycles. The van der Waals surface area contributed by atoms with Crippen LogP contribution in [0, 0.1) is 17.1 Å². The van der Waals surface area contributed by atoms with E-state index in [1.165, 1.54) is 12.1 Å². The Kier molecular flexibility index (Phi) is 9.45. The van der Waals surface area contributed by atoms with Gasteiger partial charge in [-0.05, 0) is 74.4 Å². The van der Waals surface area contributed by atoms with Crippen molar-refractivity contribution in [3.8, 4) is 6.07 Å². The van der Waals surface area contributed by atoms with Crippen molar-refractivity contribution in [3.05, 3.63) is 70.5 Å². The van der Waals surface area contributed by atoms with Crippen LogP contribution in [-0.4, -0.2) is 36.0 Å². The van der Waals surface area contributed by atoms with Gasteiger partial charge < -0.3 is 10.0 Å². The van der Waals surface area contributed by atoms with Gasteiger partial charge in [0.05, 0.1) is 18.2 Å². The van der Waals surface area contributed by atoms with Gasteiger partial charge >= 0.3 is 0 Å². The van der Waals surface area contributed by atoms with Crippen molar-refractivity contribution in [2.75, 3.05) is 20.6 Å². The van der Waals surface area contributed by atoms with E-state index in [4.69, 9.17) is 15.1 Å². The Morgan fingerprint density at radius 1 is 1.12 bits per heavy atom. The Bertz CT molecular complexity index is 713. The largest absolute Gasteiger partial charge is 0.392 e. The standard InChI is InChI=1S/C20H23FN2O.FHO/c1-23(2)11-3-4-19(16-6-8-18(21)9-7-16)20-10-5-15(13-22)12-17(20)14-24;1-2/h5-10,12,19,24H,3-4,11,14H2,1-2H3;2H/t19-;/m1./s1. The molecule has 0 amide bonds. The van der Waals surface area contributed by atoms with Crippen molar-refractivity contribution in [2.45, 2.75) is 25.4 Å². The van der Waals surface area contributed by atoms with Crippen LogP contribution in [0.4, 0.5) is 8.92 Å². The minimum Gasteiger partial charge on any atom is -0.392 e. The fraction of sp³-hybridized carbons (Fsp3) is 0.350. The maximum absolute atomic E-state index is 13.3. The van der Waals surface area contributed by atoms with Gasteiger partial charge in [0.2, 0.25) is 0 Å². The van der Waals surface area contributed by atoms with Gasteiger partial charge in [-0.25, -0.2) is 9.70 Å². The molecule has 0 aliphatic rings. The zero-order valence-electron chi connectivity index (χ0n) is 15.0. The molecule has 2 rings (SSSR count). The molecule has 0 spiro atoms. The number of rotatable bonds is 7. The van der Waals surface area contributed by atoms with Crippen molar-refractivity contribution >= 4 is 0 Å². The normalized spacial score (nSPS) is 11.5. The Labute approximate surface area is 152 Å². The molecular formula is C20H24F2N2O2. The lowest BCUT2D eigenvalue weighted by atomic mass is 9.84. The molecule has 26 heavy (non-hydrogen) atoms. The first-order valence-electron chi connectivity index (χ1n) is 8.26. The number of benzene rings is 2. The number of hydrogen-bond donors (Lipinski definition) is 2. The predicted molar refractivity (Wildman–Crippen MR) is 96.4 cm³/mol. The fourth-order valence-electron chi connectivity index (χ4n) is 2.96. The van der Waals surface area contributed by atoms with E-state index in [0.717, 1.165) is 36.1 Å². The maximum Gasteiger partial charge on any atom is 0.123 e. The minimum absolute atomic E-state index is 0.0699. The Balaban J connectivity index is 0.00000163. The van der Waals surface area contributed by atoms with Gasteiger partial charge in [-0.15, -0.1) is 0 Å². The molecule has 1 atom stereocenters. The van der Waals surface area contributed by atoms with Crippen molar-refractivity contribution < 1.29 is 19.3 Å². The average molecular weight is 362 g/mol. The molecule has 0 aromatic heterocycles. The molecule has 0 saturated carbocycles. The number of aliphatic hydroxyl groups excluding tert-OH is 1. The molecule has 0 radical (unpaired) electrons. The first kappa shape index (κ1) is 21.7. The van der Waals surface area contributed by atoms with Crippen LogP contribution in [-0.2, 0) is 6.61 Å². The van der Waals surface area contributed by atoms with Crippen LogP contribution < -0.4 is 0 Å². The molecule has 2 aromatic carbocycles. The summed E-state index contributed by atoms with van der Waals surface area (Å²) in [4.78, 5) is 2.13. The molecule has 0 saturated heterocycles. The van der Waals surface area contributed by atoms with E-state index >= 15 is 0 Å². The van der Waals surface area contributed by atoms with Crippen LogP contribution >= 0.6 is 0 Å². The molecule has 0 aliphatic heterocycles. The molecule has 0 bridgehead atoms. The smallest absolute Gasteiger partial charge is 0.123 e. The lowest BCUT2D eigenvalue weighted by Gasteiger charge is -2.22. The van der Waals surface area contributed by atoms with E-state index in [2.05, 4.69) is 11.0 Å². The Hall–Kier alpha value is -2.33. The molecule has 140 valence electrons. The highest BCUT2D eigenvalue weighted by atomic mass is 19.3. The van der Waals surface area contributed by atoms with Crippen molar-refractivity contribution in [1.29, 1.82) is 5.26 Å². The first-order valence-corrected chi connectivity index (χ1v) is 8.26. The summed E-state index contributed by atoms with van der Waals surface area (Å²) in [6.07, 6.45) is 1.88. The summed E-state index contributed by atoms with van der Waals surface area (Å²) in [6.45, 7) is 0.846. The Morgan fingerprint density at radius 2 is 1.77 bits per heavy atom. The fourth-order valence-corrected chi connectivity index (χ4v) is 2.96. The third-order valence-electron chi connectivity index (χ3n) is 4.19. The van der Waals surface area contributed by atoms with Gasteiger partial charge in [-0.3, -0.25) is 0 Å². The third-order valence-corrected chi connectivity index (χ3v) is 4.19. The number of aliphatic hydroxyl groups is 1. The second kappa shape index (κ2) is 11.3. The highest BCUT2D eigenvalue weighted by molar-refractivity contribution is 5.43. The van der Waals surface area contributed by atoms with Gasteiger partial charge in [0, 0.05) is 5.92 Å².